The van der Waals surface area contributed by atoms with E-state index < -0.39 is 5.97 Å². The van der Waals surface area contributed by atoms with E-state index in [-0.39, 0.29) is 0 Å². The minimum Gasteiger partial charge on any atom is -0.493 e. The maximum absolute atomic E-state index is 12.2. The molecule has 0 bridgehead atoms. The first-order valence-corrected chi connectivity index (χ1v) is 9.24. The number of oxazole rings is 1. The van der Waals surface area contributed by atoms with Crippen LogP contribution < -0.4 is 14.2 Å². The molecule has 30 heavy (non-hydrogen) atoms. The first-order chi connectivity index (χ1) is 14.7. The molecule has 0 N–H and O–H groups in total. The average Bonchev–Trinajstić information content (AvgIpc) is 3.21. The molecule has 0 spiro atoms. The second kappa shape index (κ2) is 8.53. The largest absolute Gasteiger partial charge is 0.493 e. The van der Waals surface area contributed by atoms with Crippen molar-refractivity contribution in [3.05, 3.63) is 78.4 Å². The van der Waals surface area contributed by atoms with Gasteiger partial charge in [-0.25, -0.2) is 9.78 Å². The zero-order valence-electron chi connectivity index (χ0n) is 16.5. The van der Waals surface area contributed by atoms with Crippen LogP contribution in [0.4, 0.5) is 0 Å². The molecular weight excluding hydrogens is 382 g/mol. The molecule has 0 radical (unpaired) electrons. The van der Waals surface area contributed by atoms with E-state index in [1.54, 1.807) is 50.6 Å². The van der Waals surface area contributed by atoms with Crippen LogP contribution in [-0.2, 0) is 4.79 Å². The number of ether oxygens (including phenoxy) is 3. The van der Waals surface area contributed by atoms with Crippen LogP contribution in [0.2, 0.25) is 0 Å². The number of nitrogens with zero attached hydrogens (tertiary/aromatic N) is 1. The van der Waals surface area contributed by atoms with Gasteiger partial charge in [0, 0.05) is 17.7 Å². The van der Waals surface area contributed by atoms with Crippen LogP contribution in [0, 0.1) is 0 Å². The van der Waals surface area contributed by atoms with Gasteiger partial charge in [-0.1, -0.05) is 24.3 Å². The monoisotopic (exact) mass is 401 g/mol. The van der Waals surface area contributed by atoms with Crippen molar-refractivity contribution in [2.24, 2.45) is 0 Å². The van der Waals surface area contributed by atoms with Crippen molar-refractivity contribution < 1.29 is 23.4 Å². The van der Waals surface area contributed by atoms with Crippen LogP contribution in [0.25, 0.3) is 28.6 Å². The highest BCUT2D eigenvalue weighted by Crippen LogP contribution is 2.29. The number of aromatic nitrogens is 1. The molecule has 0 unspecified atom stereocenters. The van der Waals surface area contributed by atoms with Gasteiger partial charge in [-0.2, -0.15) is 0 Å². The number of fused-ring (bicyclic) bond motifs is 1. The Morgan fingerprint density at radius 1 is 0.933 bits per heavy atom. The highest BCUT2D eigenvalue weighted by atomic mass is 16.5. The van der Waals surface area contributed by atoms with Gasteiger partial charge >= 0.3 is 5.97 Å². The summed E-state index contributed by atoms with van der Waals surface area (Å²) in [5.41, 5.74) is 2.89. The van der Waals surface area contributed by atoms with Crippen molar-refractivity contribution in [2.45, 2.75) is 0 Å². The van der Waals surface area contributed by atoms with E-state index in [4.69, 9.17) is 18.6 Å². The topological polar surface area (TPSA) is 70.8 Å². The quantitative estimate of drug-likeness (QED) is 0.253. The van der Waals surface area contributed by atoms with Crippen LogP contribution in [0.1, 0.15) is 5.56 Å². The van der Waals surface area contributed by atoms with Gasteiger partial charge < -0.3 is 18.6 Å². The summed E-state index contributed by atoms with van der Waals surface area (Å²) >= 11 is 0. The van der Waals surface area contributed by atoms with Crippen LogP contribution in [0.5, 0.6) is 17.2 Å². The Balaban J connectivity index is 1.48. The zero-order chi connectivity index (χ0) is 20.9. The third-order valence-electron chi connectivity index (χ3n) is 4.42. The summed E-state index contributed by atoms with van der Waals surface area (Å²) in [7, 11) is 3.13. The summed E-state index contributed by atoms with van der Waals surface area (Å²) < 4.78 is 21.7. The van der Waals surface area contributed by atoms with Crippen molar-refractivity contribution in [3.8, 4) is 28.7 Å². The number of esters is 1. The van der Waals surface area contributed by atoms with Gasteiger partial charge in [0.05, 0.1) is 14.2 Å². The molecule has 1 aromatic heterocycles. The molecule has 0 atom stereocenters. The van der Waals surface area contributed by atoms with Crippen molar-refractivity contribution in [1.82, 2.24) is 4.98 Å². The second-order valence-electron chi connectivity index (χ2n) is 6.38. The molecule has 6 nitrogen and oxygen atoms in total. The van der Waals surface area contributed by atoms with Gasteiger partial charge in [-0.3, -0.25) is 0 Å². The molecule has 0 saturated heterocycles. The lowest BCUT2D eigenvalue weighted by Gasteiger charge is -2.07. The standard InChI is InChI=1S/C24H19NO5/c1-27-20-12-8-16(14-22(20)28-2)9-13-23(26)29-18-10-11-19-21(15-18)30-24(25-19)17-6-4-3-5-7-17/h3-15H,1-2H3/b13-9+. The maximum Gasteiger partial charge on any atom is 0.336 e. The van der Waals surface area contributed by atoms with E-state index in [1.165, 1.54) is 6.08 Å². The Kier molecular flexibility index (Phi) is 5.48. The van der Waals surface area contributed by atoms with E-state index in [9.17, 15) is 4.79 Å². The Morgan fingerprint density at radius 2 is 1.73 bits per heavy atom. The fraction of sp³-hybridized carbons (Fsp3) is 0.0833. The average molecular weight is 401 g/mol. The summed E-state index contributed by atoms with van der Waals surface area (Å²) in [6.07, 6.45) is 2.99. The lowest BCUT2D eigenvalue weighted by Crippen LogP contribution is -2.03. The summed E-state index contributed by atoms with van der Waals surface area (Å²) in [4.78, 5) is 16.7. The highest BCUT2D eigenvalue weighted by molar-refractivity contribution is 5.89. The van der Waals surface area contributed by atoms with E-state index in [0.29, 0.717) is 34.2 Å². The Hall–Kier alpha value is -4.06. The molecular formula is C24H19NO5. The third kappa shape index (κ3) is 4.17. The minimum absolute atomic E-state index is 0.375. The zero-order valence-corrected chi connectivity index (χ0v) is 16.5. The normalized spacial score (nSPS) is 11.0. The Labute approximate surface area is 173 Å². The van der Waals surface area contributed by atoms with Crippen molar-refractivity contribution in [2.75, 3.05) is 14.2 Å². The fourth-order valence-corrected chi connectivity index (χ4v) is 2.94. The van der Waals surface area contributed by atoms with Crippen LogP contribution in [0.3, 0.4) is 0 Å². The van der Waals surface area contributed by atoms with Crippen molar-refractivity contribution in [1.29, 1.82) is 0 Å². The minimum atomic E-state index is -0.507. The number of carbonyl (C=O) groups is 1. The summed E-state index contributed by atoms with van der Waals surface area (Å²) in [5, 5.41) is 0. The van der Waals surface area contributed by atoms with Gasteiger partial charge in [0.2, 0.25) is 5.89 Å². The van der Waals surface area contributed by atoms with Gasteiger partial charge in [0.25, 0.3) is 0 Å². The predicted molar refractivity (Wildman–Crippen MR) is 114 cm³/mol. The van der Waals surface area contributed by atoms with Gasteiger partial charge in [0.15, 0.2) is 17.1 Å². The number of carbonyl (C=O) groups excluding carboxylic acids is 1. The number of rotatable bonds is 6. The summed E-state index contributed by atoms with van der Waals surface area (Å²) in [6, 6.07) is 20.1. The molecule has 0 fully saturated rings. The van der Waals surface area contributed by atoms with Gasteiger partial charge in [-0.15, -0.1) is 0 Å². The SMILES string of the molecule is COc1ccc(/C=C/C(=O)Oc2ccc3nc(-c4ccccc4)oc3c2)cc1OC. The molecule has 0 aliphatic carbocycles. The number of hydrogen-bond acceptors (Lipinski definition) is 6. The first kappa shape index (κ1) is 19.3. The van der Waals surface area contributed by atoms with Crippen LogP contribution in [-0.4, -0.2) is 25.2 Å². The lowest BCUT2D eigenvalue weighted by molar-refractivity contribution is -0.128. The fourth-order valence-electron chi connectivity index (χ4n) is 2.94. The second-order valence-corrected chi connectivity index (χ2v) is 6.38. The number of methoxy groups -OCH3 is 2. The molecule has 0 aliphatic heterocycles. The van der Waals surface area contributed by atoms with Gasteiger partial charge in [-0.05, 0) is 48.0 Å². The van der Waals surface area contributed by atoms with Crippen LogP contribution >= 0.6 is 0 Å². The molecule has 4 rings (SSSR count). The number of hydrogen-bond donors (Lipinski definition) is 0. The smallest absolute Gasteiger partial charge is 0.336 e. The molecule has 0 amide bonds. The van der Waals surface area contributed by atoms with E-state index >= 15 is 0 Å². The Morgan fingerprint density at radius 3 is 2.50 bits per heavy atom. The lowest BCUT2D eigenvalue weighted by atomic mass is 10.2. The molecule has 0 saturated carbocycles. The predicted octanol–water partition coefficient (Wildman–Crippen LogP) is 5.13. The molecule has 4 aromatic rings. The molecule has 150 valence electrons. The van der Waals surface area contributed by atoms with E-state index in [2.05, 4.69) is 4.98 Å². The van der Waals surface area contributed by atoms with Crippen LogP contribution in [0.15, 0.2) is 77.2 Å². The molecule has 6 heteroatoms. The molecule has 0 aliphatic rings. The highest BCUT2D eigenvalue weighted by Gasteiger charge is 2.10. The van der Waals surface area contributed by atoms with E-state index in [1.807, 2.05) is 36.4 Å². The molecule has 1 heterocycles. The third-order valence-corrected chi connectivity index (χ3v) is 4.42. The summed E-state index contributed by atoms with van der Waals surface area (Å²) in [5.74, 6) is 1.58. The van der Waals surface area contributed by atoms with E-state index in [0.717, 1.165) is 11.1 Å². The van der Waals surface area contributed by atoms with Crippen molar-refractivity contribution >= 4 is 23.1 Å². The maximum atomic E-state index is 12.2. The first-order valence-electron chi connectivity index (χ1n) is 9.24. The number of benzene rings is 3. The summed E-state index contributed by atoms with van der Waals surface area (Å²) in [6.45, 7) is 0. The van der Waals surface area contributed by atoms with Gasteiger partial charge in [0.1, 0.15) is 11.3 Å². The Bertz CT molecular complexity index is 1210. The molecule has 3 aromatic carbocycles. The van der Waals surface area contributed by atoms with Crippen molar-refractivity contribution in [3.63, 3.8) is 0 Å².